The van der Waals surface area contributed by atoms with Crippen LogP contribution in [0.1, 0.15) is 24.1 Å². The van der Waals surface area contributed by atoms with Crippen molar-refractivity contribution in [1.29, 1.82) is 0 Å². The Balaban J connectivity index is 2.25. The lowest BCUT2D eigenvalue weighted by Gasteiger charge is -2.17. The first-order chi connectivity index (χ1) is 9.75. The van der Waals surface area contributed by atoms with Crippen molar-refractivity contribution in [2.75, 3.05) is 5.32 Å². The van der Waals surface area contributed by atoms with Crippen molar-refractivity contribution in [3.63, 3.8) is 0 Å². The van der Waals surface area contributed by atoms with Crippen LogP contribution in [0.25, 0.3) is 0 Å². The van der Waals surface area contributed by atoms with Gasteiger partial charge in [-0.2, -0.15) is 13.2 Å². The first-order valence-electron chi connectivity index (χ1n) is 6.00. The Labute approximate surface area is 127 Å². The van der Waals surface area contributed by atoms with Crippen molar-refractivity contribution in [3.8, 4) is 0 Å². The van der Waals surface area contributed by atoms with Crippen molar-refractivity contribution >= 4 is 21.6 Å². The van der Waals surface area contributed by atoms with Gasteiger partial charge in [0.1, 0.15) is 5.82 Å². The highest BCUT2D eigenvalue weighted by molar-refractivity contribution is 9.10. The molecule has 0 fully saturated rings. The number of nitrogens with zero attached hydrogens (tertiary/aromatic N) is 1. The van der Waals surface area contributed by atoms with Gasteiger partial charge in [0.25, 0.3) is 0 Å². The van der Waals surface area contributed by atoms with Crippen LogP contribution >= 0.6 is 15.9 Å². The Hall–Kier alpha value is -1.63. The molecule has 0 aliphatic carbocycles. The zero-order valence-corrected chi connectivity index (χ0v) is 12.5. The normalized spacial score (nSPS) is 13.0. The van der Waals surface area contributed by atoms with E-state index in [0.717, 1.165) is 18.3 Å². The molecule has 21 heavy (non-hydrogen) atoms. The summed E-state index contributed by atoms with van der Waals surface area (Å²) in [5, 5.41) is 2.90. The Kier molecular flexibility index (Phi) is 4.51. The predicted molar refractivity (Wildman–Crippen MR) is 75.4 cm³/mol. The smallest absolute Gasteiger partial charge is 0.378 e. The second-order valence-corrected chi connectivity index (χ2v) is 5.44. The second kappa shape index (κ2) is 6.01. The highest BCUT2D eigenvalue weighted by Crippen LogP contribution is 2.34. The van der Waals surface area contributed by atoms with E-state index in [0.29, 0.717) is 10.0 Å². The van der Waals surface area contributed by atoms with Crippen LogP contribution in [0, 0.1) is 5.82 Å². The van der Waals surface area contributed by atoms with E-state index in [1.807, 2.05) is 0 Å². The number of aromatic nitrogens is 1. The molecule has 2 nitrogen and oxygen atoms in total. The Morgan fingerprint density at radius 1 is 1.14 bits per heavy atom. The number of hydrogen-bond acceptors (Lipinski definition) is 2. The fourth-order valence-corrected chi connectivity index (χ4v) is 2.33. The molecule has 0 aliphatic rings. The minimum Gasteiger partial charge on any atom is -0.378 e. The molecule has 0 spiro atoms. The van der Waals surface area contributed by atoms with E-state index < -0.39 is 17.6 Å². The molecular weight excluding hydrogens is 352 g/mol. The number of benzene rings is 1. The summed E-state index contributed by atoms with van der Waals surface area (Å²) in [6.07, 6.45) is -1.90. The number of anilines is 1. The van der Waals surface area contributed by atoms with Crippen LogP contribution in [0.15, 0.2) is 41.1 Å². The number of rotatable bonds is 3. The van der Waals surface area contributed by atoms with Crippen LogP contribution < -0.4 is 5.32 Å². The number of pyridine rings is 1. The van der Waals surface area contributed by atoms with E-state index in [9.17, 15) is 17.6 Å². The molecule has 0 radical (unpaired) electrons. The van der Waals surface area contributed by atoms with Crippen molar-refractivity contribution in [1.82, 2.24) is 4.98 Å². The van der Waals surface area contributed by atoms with Gasteiger partial charge in [0.2, 0.25) is 0 Å². The van der Waals surface area contributed by atoms with Crippen LogP contribution in [0.4, 0.5) is 23.2 Å². The molecule has 0 amide bonds. The zero-order chi connectivity index (χ0) is 15.6. The average molecular weight is 363 g/mol. The Bertz CT molecular complexity index is 643. The number of halogens is 5. The molecule has 112 valence electrons. The fourth-order valence-electron chi connectivity index (χ4n) is 1.84. The van der Waals surface area contributed by atoms with Crippen LogP contribution in [0.3, 0.4) is 0 Å². The minimum atomic E-state index is -4.43. The summed E-state index contributed by atoms with van der Waals surface area (Å²) >= 11 is 3.05. The maximum Gasteiger partial charge on any atom is 0.416 e. The molecule has 1 aromatic heterocycles. The summed E-state index contributed by atoms with van der Waals surface area (Å²) in [7, 11) is 0. The molecule has 0 bridgehead atoms. The highest BCUT2D eigenvalue weighted by Gasteiger charge is 2.31. The monoisotopic (exact) mass is 362 g/mol. The third kappa shape index (κ3) is 4.17. The van der Waals surface area contributed by atoms with Gasteiger partial charge in [-0.3, -0.25) is 4.98 Å². The summed E-state index contributed by atoms with van der Waals surface area (Å²) in [5.41, 5.74) is 0.0703. The SMILES string of the molecule is CC(Nc1cc(Br)cc(C(F)(F)F)c1)c1cncc(F)c1. The summed E-state index contributed by atoms with van der Waals surface area (Å²) < 4.78 is 51.7. The standard InChI is InChI=1S/C14H11BrF4N2/c1-8(9-2-12(16)7-20-6-9)21-13-4-10(14(17,18)19)3-11(15)5-13/h2-8,21H,1H3. The molecule has 1 N–H and O–H groups in total. The zero-order valence-electron chi connectivity index (χ0n) is 10.9. The minimum absolute atomic E-state index is 0.286. The Morgan fingerprint density at radius 3 is 2.48 bits per heavy atom. The van der Waals surface area contributed by atoms with Crippen LogP contribution in [-0.2, 0) is 6.18 Å². The molecule has 0 saturated carbocycles. The quantitative estimate of drug-likeness (QED) is 0.761. The van der Waals surface area contributed by atoms with Crippen LogP contribution in [0.2, 0.25) is 0 Å². The van der Waals surface area contributed by atoms with E-state index >= 15 is 0 Å². The van der Waals surface area contributed by atoms with Gasteiger partial charge < -0.3 is 5.32 Å². The summed E-state index contributed by atoms with van der Waals surface area (Å²) in [4.78, 5) is 3.72. The molecule has 7 heteroatoms. The highest BCUT2D eigenvalue weighted by atomic mass is 79.9. The molecule has 2 aromatic rings. The maximum absolute atomic E-state index is 13.1. The molecule has 0 aliphatic heterocycles. The number of nitrogens with one attached hydrogen (secondary N) is 1. The summed E-state index contributed by atoms with van der Waals surface area (Å²) in [5.74, 6) is -0.494. The van der Waals surface area contributed by atoms with Gasteiger partial charge in [-0.15, -0.1) is 0 Å². The molecule has 1 aromatic carbocycles. The average Bonchev–Trinajstić information content (AvgIpc) is 2.37. The van der Waals surface area contributed by atoms with Gasteiger partial charge >= 0.3 is 6.18 Å². The van der Waals surface area contributed by atoms with Gasteiger partial charge in [-0.25, -0.2) is 4.39 Å². The Morgan fingerprint density at radius 2 is 1.86 bits per heavy atom. The molecular formula is C14H11BrF4N2. The second-order valence-electron chi connectivity index (χ2n) is 4.53. The molecule has 1 heterocycles. The molecule has 0 saturated heterocycles. The first-order valence-corrected chi connectivity index (χ1v) is 6.80. The summed E-state index contributed by atoms with van der Waals surface area (Å²) in [6, 6.07) is 4.43. The molecule has 1 unspecified atom stereocenters. The predicted octanol–water partition coefficient (Wildman–Crippen LogP) is 5.18. The van der Waals surface area contributed by atoms with E-state index in [1.54, 1.807) is 6.92 Å². The molecule has 1 atom stereocenters. The fraction of sp³-hybridized carbons (Fsp3) is 0.214. The summed E-state index contributed by atoms with van der Waals surface area (Å²) in [6.45, 7) is 1.71. The van der Waals surface area contributed by atoms with Crippen molar-refractivity contribution in [3.05, 3.63) is 58.1 Å². The van der Waals surface area contributed by atoms with Crippen LogP contribution in [-0.4, -0.2) is 4.98 Å². The maximum atomic E-state index is 13.1. The third-order valence-corrected chi connectivity index (χ3v) is 3.29. The van der Waals surface area contributed by atoms with Gasteiger partial charge in [-0.1, -0.05) is 15.9 Å². The van der Waals surface area contributed by atoms with Crippen molar-refractivity contribution < 1.29 is 17.6 Å². The topological polar surface area (TPSA) is 24.9 Å². The van der Waals surface area contributed by atoms with E-state index in [1.165, 1.54) is 18.3 Å². The third-order valence-electron chi connectivity index (χ3n) is 2.83. The van der Waals surface area contributed by atoms with Gasteiger partial charge in [-0.05, 0) is 36.8 Å². The largest absolute Gasteiger partial charge is 0.416 e. The van der Waals surface area contributed by atoms with Crippen LogP contribution in [0.5, 0.6) is 0 Å². The van der Waals surface area contributed by atoms with Gasteiger partial charge in [0.05, 0.1) is 17.8 Å². The van der Waals surface area contributed by atoms with E-state index in [4.69, 9.17) is 0 Å². The van der Waals surface area contributed by atoms with Crippen molar-refractivity contribution in [2.24, 2.45) is 0 Å². The molecule has 2 rings (SSSR count). The lowest BCUT2D eigenvalue weighted by molar-refractivity contribution is -0.137. The lowest BCUT2D eigenvalue weighted by atomic mass is 10.1. The van der Waals surface area contributed by atoms with Crippen molar-refractivity contribution in [2.45, 2.75) is 19.1 Å². The van der Waals surface area contributed by atoms with Gasteiger partial charge in [0, 0.05) is 16.4 Å². The first kappa shape index (κ1) is 15.8. The lowest BCUT2D eigenvalue weighted by Crippen LogP contribution is -2.10. The van der Waals surface area contributed by atoms with Gasteiger partial charge in [0.15, 0.2) is 0 Å². The van der Waals surface area contributed by atoms with E-state index in [2.05, 4.69) is 26.2 Å². The van der Waals surface area contributed by atoms with E-state index in [-0.39, 0.29) is 11.7 Å². The number of alkyl halides is 3. The number of hydrogen-bond donors (Lipinski definition) is 1.